The van der Waals surface area contributed by atoms with Crippen molar-refractivity contribution in [1.29, 1.82) is 0 Å². The van der Waals surface area contributed by atoms with Crippen LogP contribution in [0.2, 0.25) is 0 Å². The molecule has 0 radical (unpaired) electrons. The van der Waals surface area contributed by atoms with Gasteiger partial charge in [-0.2, -0.15) is 0 Å². The molecule has 0 saturated carbocycles. The molecule has 1 atom stereocenters. The highest BCUT2D eigenvalue weighted by Gasteiger charge is 2.18. The van der Waals surface area contributed by atoms with Gasteiger partial charge in [-0.3, -0.25) is 4.79 Å². The third-order valence-corrected chi connectivity index (χ3v) is 4.49. The Morgan fingerprint density at radius 1 is 1.28 bits per heavy atom. The third-order valence-electron chi connectivity index (χ3n) is 3.56. The fourth-order valence-electron chi connectivity index (χ4n) is 2.06. The monoisotopic (exact) mass is 363 g/mol. The fraction of sp³-hybridized carbons (Fsp3) is 0.500. The van der Waals surface area contributed by atoms with E-state index in [0.717, 1.165) is 25.0 Å². The lowest BCUT2D eigenvalue weighted by Crippen LogP contribution is -2.31. The molecular formula is C18H25N3O3S. The Morgan fingerprint density at radius 3 is 2.76 bits per heavy atom. The summed E-state index contributed by atoms with van der Waals surface area (Å²) in [6, 6.07) is 7.75. The summed E-state index contributed by atoms with van der Waals surface area (Å²) in [4.78, 5) is 12.0. The average Bonchev–Trinajstić information content (AvgIpc) is 3.05. The smallest absolute Gasteiger partial charge is 0.277 e. The molecule has 1 aromatic carbocycles. The van der Waals surface area contributed by atoms with E-state index < -0.39 is 0 Å². The Morgan fingerprint density at radius 2 is 2.04 bits per heavy atom. The number of aromatic nitrogens is 2. The molecule has 7 heteroatoms. The Balaban J connectivity index is 1.76. The first-order valence-electron chi connectivity index (χ1n) is 8.54. The van der Waals surface area contributed by atoms with Gasteiger partial charge in [-0.25, -0.2) is 0 Å². The standard InChI is InChI=1S/C18H25N3O3S/c1-4-5-6-11-19-17(22)14(3)25-18-21-20-16(24-18)12-23-15-9-7-13(2)8-10-15/h7-10,14H,4-6,11-12H2,1-3H3,(H,19,22). The molecule has 0 aliphatic rings. The summed E-state index contributed by atoms with van der Waals surface area (Å²) in [5, 5.41) is 10.9. The molecule has 1 aromatic heterocycles. The van der Waals surface area contributed by atoms with Crippen molar-refractivity contribution in [3.63, 3.8) is 0 Å². The number of carbonyl (C=O) groups is 1. The van der Waals surface area contributed by atoms with E-state index in [1.165, 1.54) is 17.3 Å². The van der Waals surface area contributed by atoms with Crippen LogP contribution in [0, 0.1) is 6.92 Å². The van der Waals surface area contributed by atoms with Crippen LogP contribution < -0.4 is 10.1 Å². The highest BCUT2D eigenvalue weighted by atomic mass is 32.2. The number of hydrogen-bond acceptors (Lipinski definition) is 6. The Labute approximate surface area is 152 Å². The van der Waals surface area contributed by atoms with Crippen LogP contribution in [-0.4, -0.2) is 27.9 Å². The number of aryl methyl sites for hydroxylation is 1. The van der Waals surface area contributed by atoms with Crippen molar-refractivity contribution >= 4 is 17.7 Å². The summed E-state index contributed by atoms with van der Waals surface area (Å²) in [5.74, 6) is 1.12. The minimum Gasteiger partial charge on any atom is -0.484 e. The lowest BCUT2D eigenvalue weighted by Gasteiger charge is -2.09. The second-order valence-electron chi connectivity index (χ2n) is 5.82. The van der Waals surface area contributed by atoms with E-state index in [4.69, 9.17) is 9.15 Å². The van der Waals surface area contributed by atoms with Crippen LogP contribution in [0.3, 0.4) is 0 Å². The largest absolute Gasteiger partial charge is 0.484 e. The van der Waals surface area contributed by atoms with Gasteiger partial charge in [0.2, 0.25) is 5.91 Å². The molecule has 0 fully saturated rings. The topological polar surface area (TPSA) is 77.2 Å². The SMILES string of the molecule is CCCCCNC(=O)C(C)Sc1nnc(COc2ccc(C)cc2)o1. The molecule has 2 rings (SSSR count). The molecule has 0 bridgehead atoms. The summed E-state index contributed by atoms with van der Waals surface area (Å²) in [5.41, 5.74) is 1.17. The number of nitrogens with one attached hydrogen (secondary N) is 1. The molecule has 1 heterocycles. The summed E-state index contributed by atoms with van der Waals surface area (Å²) in [6.45, 7) is 6.89. The van der Waals surface area contributed by atoms with Gasteiger partial charge in [-0.05, 0) is 32.4 Å². The molecule has 0 aliphatic heterocycles. The molecular weight excluding hydrogens is 338 g/mol. The van der Waals surface area contributed by atoms with Crippen LogP contribution in [0.1, 0.15) is 44.6 Å². The molecule has 0 aliphatic carbocycles. The summed E-state index contributed by atoms with van der Waals surface area (Å²) in [6.07, 6.45) is 3.26. The Hall–Kier alpha value is -2.02. The predicted octanol–water partition coefficient (Wildman–Crippen LogP) is 3.74. The van der Waals surface area contributed by atoms with E-state index in [2.05, 4.69) is 22.4 Å². The molecule has 25 heavy (non-hydrogen) atoms. The van der Waals surface area contributed by atoms with Crippen LogP contribution in [0.5, 0.6) is 5.75 Å². The van der Waals surface area contributed by atoms with Gasteiger partial charge in [-0.15, -0.1) is 10.2 Å². The van der Waals surface area contributed by atoms with Crippen molar-refractivity contribution in [2.75, 3.05) is 6.54 Å². The van der Waals surface area contributed by atoms with Gasteiger partial charge in [-0.1, -0.05) is 49.2 Å². The zero-order valence-electron chi connectivity index (χ0n) is 14.9. The lowest BCUT2D eigenvalue weighted by atomic mass is 10.2. The van der Waals surface area contributed by atoms with E-state index in [9.17, 15) is 4.79 Å². The van der Waals surface area contributed by atoms with Gasteiger partial charge in [0.25, 0.3) is 11.1 Å². The number of ether oxygens (including phenoxy) is 1. The van der Waals surface area contributed by atoms with Gasteiger partial charge in [0, 0.05) is 6.54 Å². The van der Waals surface area contributed by atoms with E-state index in [1.54, 1.807) is 0 Å². The van der Waals surface area contributed by atoms with E-state index in [-0.39, 0.29) is 17.8 Å². The van der Waals surface area contributed by atoms with Crippen LogP contribution in [0.15, 0.2) is 33.9 Å². The van der Waals surface area contributed by atoms with Crippen molar-refractivity contribution in [3.05, 3.63) is 35.7 Å². The van der Waals surface area contributed by atoms with Gasteiger partial charge in [0.05, 0.1) is 5.25 Å². The van der Waals surface area contributed by atoms with Crippen LogP contribution >= 0.6 is 11.8 Å². The minimum absolute atomic E-state index is 0.0169. The third kappa shape index (κ3) is 6.78. The second kappa shape index (κ2) is 10.1. The predicted molar refractivity (Wildman–Crippen MR) is 97.7 cm³/mol. The molecule has 1 N–H and O–H groups in total. The normalized spacial score (nSPS) is 12.0. The van der Waals surface area contributed by atoms with Crippen LogP contribution in [0.4, 0.5) is 0 Å². The van der Waals surface area contributed by atoms with Gasteiger partial charge in [0.15, 0.2) is 6.61 Å². The zero-order valence-corrected chi connectivity index (χ0v) is 15.8. The number of carbonyl (C=O) groups excluding carboxylic acids is 1. The second-order valence-corrected chi connectivity index (χ2v) is 7.11. The van der Waals surface area contributed by atoms with Gasteiger partial charge >= 0.3 is 0 Å². The number of amides is 1. The Bertz CT molecular complexity index is 658. The first kappa shape index (κ1) is 19.3. The summed E-state index contributed by atoms with van der Waals surface area (Å²) >= 11 is 1.25. The highest BCUT2D eigenvalue weighted by Crippen LogP contribution is 2.22. The fourth-order valence-corrected chi connectivity index (χ4v) is 2.78. The quantitative estimate of drug-likeness (QED) is 0.512. The molecule has 1 unspecified atom stereocenters. The molecule has 1 amide bonds. The number of benzene rings is 1. The van der Waals surface area contributed by atoms with E-state index >= 15 is 0 Å². The number of hydrogen-bond donors (Lipinski definition) is 1. The van der Waals surface area contributed by atoms with Gasteiger partial charge in [0.1, 0.15) is 5.75 Å². The maximum Gasteiger partial charge on any atom is 0.277 e. The van der Waals surface area contributed by atoms with Crippen molar-refractivity contribution in [1.82, 2.24) is 15.5 Å². The van der Waals surface area contributed by atoms with Crippen molar-refractivity contribution in [3.8, 4) is 5.75 Å². The highest BCUT2D eigenvalue weighted by molar-refractivity contribution is 8.00. The minimum atomic E-state index is -0.284. The van der Waals surface area contributed by atoms with Crippen LogP contribution in [0.25, 0.3) is 0 Å². The molecule has 0 saturated heterocycles. The molecule has 136 valence electrons. The van der Waals surface area contributed by atoms with Crippen molar-refractivity contribution in [2.24, 2.45) is 0 Å². The maximum absolute atomic E-state index is 12.0. The molecule has 2 aromatic rings. The number of thioether (sulfide) groups is 1. The number of unbranched alkanes of at least 4 members (excludes halogenated alkanes) is 2. The molecule has 6 nitrogen and oxygen atoms in total. The van der Waals surface area contributed by atoms with Crippen molar-refractivity contribution < 1.29 is 13.9 Å². The lowest BCUT2D eigenvalue weighted by molar-refractivity contribution is -0.120. The van der Waals surface area contributed by atoms with E-state index in [1.807, 2.05) is 38.1 Å². The van der Waals surface area contributed by atoms with Crippen molar-refractivity contribution in [2.45, 2.75) is 57.1 Å². The van der Waals surface area contributed by atoms with Gasteiger partial charge < -0.3 is 14.5 Å². The number of nitrogens with zero attached hydrogens (tertiary/aromatic N) is 2. The first-order valence-corrected chi connectivity index (χ1v) is 9.42. The first-order chi connectivity index (χ1) is 12.1. The molecule has 0 spiro atoms. The summed E-state index contributed by atoms with van der Waals surface area (Å²) < 4.78 is 11.1. The average molecular weight is 363 g/mol. The van der Waals surface area contributed by atoms with Crippen LogP contribution in [-0.2, 0) is 11.4 Å². The maximum atomic E-state index is 12.0. The summed E-state index contributed by atoms with van der Waals surface area (Å²) in [7, 11) is 0. The van der Waals surface area contributed by atoms with E-state index in [0.29, 0.717) is 17.7 Å². The number of rotatable bonds is 10. The Kier molecular flexibility index (Phi) is 7.78. The zero-order chi connectivity index (χ0) is 18.1.